The molecule has 1 aliphatic rings. The normalized spacial score (nSPS) is 17.2. The van der Waals surface area contributed by atoms with E-state index in [0.717, 1.165) is 30.8 Å². The van der Waals surface area contributed by atoms with E-state index in [1.807, 2.05) is 24.3 Å². The molecule has 6 nitrogen and oxygen atoms in total. The molecule has 2 aromatic rings. The van der Waals surface area contributed by atoms with Crippen molar-refractivity contribution in [3.05, 3.63) is 54.1 Å². The number of sulfonamides is 1. The van der Waals surface area contributed by atoms with Crippen molar-refractivity contribution in [3.8, 4) is 11.5 Å². The van der Waals surface area contributed by atoms with E-state index in [0.29, 0.717) is 12.4 Å². The average Bonchev–Trinajstić information content (AvgIpc) is 3.19. The van der Waals surface area contributed by atoms with Gasteiger partial charge in [-0.1, -0.05) is 24.3 Å². The fourth-order valence-electron chi connectivity index (χ4n) is 2.77. The maximum atomic E-state index is 12.5. The molecule has 1 heterocycles. The lowest BCUT2D eigenvalue weighted by Crippen LogP contribution is -2.23. The van der Waals surface area contributed by atoms with Crippen LogP contribution in [-0.4, -0.2) is 34.8 Å². The van der Waals surface area contributed by atoms with Crippen molar-refractivity contribution < 1.29 is 22.6 Å². The maximum absolute atomic E-state index is 12.5. The van der Waals surface area contributed by atoms with Crippen LogP contribution in [0.25, 0.3) is 0 Å². The summed E-state index contributed by atoms with van der Waals surface area (Å²) in [5.74, 6) is 1.06. The molecule has 3 rings (SSSR count). The Morgan fingerprint density at radius 2 is 1.92 bits per heavy atom. The molecular weight excluding hydrogens is 354 g/mol. The van der Waals surface area contributed by atoms with Gasteiger partial charge in [-0.3, -0.25) is 0 Å². The number of nitrogens with one attached hydrogen (secondary N) is 1. The Bertz CT molecular complexity index is 814. The SMILES string of the molecule is COc1ccccc1S(=O)(=O)NCc1ccc(OCC2CCCO2)cc1. The quantitative estimate of drug-likeness (QED) is 0.766. The molecule has 0 amide bonds. The van der Waals surface area contributed by atoms with Crippen molar-refractivity contribution in [1.29, 1.82) is 0 Å². The van der Waals surface area contributed by atoms with Gasteiger partial charge in [-0.25, -0.2) is 13.1 Å². The number of para-hydroxylation sites is 1. The van der Waals surface area contributed by atoms with Crippen LogP contribution < -0.4 is 14.2 Å². The lowest BCUT2D eigenvalue weighted by Gasteiger charge is -2.12. The predicted octanol–water partition coefficient (Wildman–Crippen LogP) is 2.73. The second-order valence-corrected chi connectivity index (χ2v) is 7.80. The van der Waals surface area contributed by atoms with Crippen molar-refractivity contribution in [2.45, 2.75) is 30.4 Å². The van der Waals surface area contributed by atoms with Gasteiger partial charge in [0.25, 0.3) is 0 Å². The van der Waals surface area contributed by atoms with Crippen LogP contribution >= 0.6 is 0 Å². The summed E-state index contributed by atoms with van der Waals surface area (Å²) in [6, 6.07) is 13.9. The van der Waals surface area contributed by atoms with Gasteiger partial charge in [0, 0.05) is 13.2 Å². The maximum Gasteiger partial charge on any atom is 0.244 e. The third-order valence-corrected chi connectivity index (χ3v) is 5.65. The number of ether oxygens (including phenoxy) is 3. The molecule has 2 aromatic carbocycles. The van der Waals surface area contributed by atoms with Gasteiger partial charge in [-0.2, -0.15) is 0 Å². The van der Waals surface area contributed by atoms with Crippen LogP contribution in [-0.2, 0) is 21.3 Å². The van der Waals surface area contributed by atoms with Crippen LogP contribution in [0.3, 0.4) is 0 Å². The molecule has 26 heavy (non-hydrogen) atoms. The fourth-order valence-corrected chi connectivity index (χ4v) is 3.95. The molecule has 1 fully saturated rings. The molecule has 1 N–H and O–H groups in total. The van der Waals surface area contributed by atoms with Gasteiger partial charge in [0.2, 0.25) is 10.0 Å². The number of hydrogen-bond donors (Lipinski definition) is 1. The summed E-state index contributed by atoms with van der Waals surface area (Å²) >= 11 is 0. The minimum Gasteiger partial charge on any atom is -0.495 e. The molecule has 1 aliphatic heterocycles. The molecule has 0 aliphatic carbocycles. The van der Waals surface area contributed by atoms with Crippen LogP contribution in [0.4, 0.5) is 0 Å². The highest BCUT2D eigenvalue weighted by atomic mass is 32.2. The molecule has 1 saturated heterocycles. The van der Waals surface area contributed by atoms with E-state index in [-0.39, 0.29) is 17.5 Å². The smallest absolute Gasteiger partial charge is 0.244 e. The predicted molar refractivity (Wildman–Crippen MR) is 97.9 cm³/mol. The Balaban J connectivity index is 1.57. The van der Waals surface area contributed by atoms with E-state index in [4.69, 9.17) is 14.2 Å². The van der Waals surface area contributed by atoms with Gasteiger partial charge < -0.3 is 14.2 Å². The van der Waals surface area contributed by atoms with E-state index in [2.05, 4.69) is 4.72 Å². The van der Waals surface area contributed by atoms with E-state index >= 15 is 0 Å². The molecule has 1 atom stereocenters. The number of rotatable bonds is 8. The standard InChI is InChI=1S/C19H23NO5S/c1-23-18-6-2-3-7-19(18)26(21,22)20-13-15-8-10-16(11-9-15)25-14-17-5-4-12-24-17/h2-3,6-11,17,20H,4-5,12-14H2,1H3. The summed E-state index contributed by atoms with van der Waals surface area (Å²) in [6.45, 7) is 1.53. The van der Waals surface area contributed by atoms with E-state index in [1.165, 1.54) is 13.2 Å². The Morgan fingerprint density at radius 1 is 1.15 bits per heavy atom. The summed E-state index contributed by atoms with van der Waals surface area (Å²) in [7, 11) is -2.21. The van der Waals surface area contributed by atoms with Crippen LogP contribution in [0.1, 0.15) is 18.4 Å². The van der Waals surface area contributed by atoms with Gasteiger partial charge in [0.1, 0.15) is 23.0 Å². The highest BCUT2D eigenvalue weighted by Crippen LogP contribution is 2.23. The third-order valence-electron chi connectivity index (χ3n) is 4.21. The van der Waals surface area contributed by atoms with Gasteiger partial charge in [-0.15, -0.1) is 0 Å². The summed E-state index contributed by atoms with van der Waals surface area (Å²) in [5.41, 5.74) is 0.841. The topological polar surface area (TPSA) is 73.9 Å². The van der Waals surface area contributed by atoms with Gasteiger partial charge in [0.05, 0.1) is 13.2 Å². The highest BCUT2D eigenvalue weighted by Gasteiger charge is 2.19. The molecule has 0 spiro atoms. The molecule has 0 aromatic heterocycles. The van der Waals surface area contributed by atoms with Crippen LogP contribution in [0.5, 0.6) is 11.5 Å². The molecular formula is C19H23NO5S. The minimum absolute atomic E-state index is 0.124. The zero-order chi connectivity index (χ0) is 18.4. The monoisotopic (exact) mass is 377 g/mol. The van der Waals surface area contributed by atoms with E-state index in [1.54, 1.807) is 18.2 Å². The second-order valence-electron chi connectivity index (χ2n) is 6.07. The van der Waals surface area contributed by atoms with Crippen molar-refractivity contribution in [2.75, 3.05) is 20.3 Å². The Morgan fingerprint density at radius 3 is 2.62 bits per heavy atom. The molecule has 140 valence electrons. The summed E-state index contributed by atoms with van der Waals surface area (Å²) in [6.07, 6.45) is 2.28. The summed E-state index contributed by atoms with van der Waals surface area (Å²) in [5, 5.41) is 0. The summed E-state index contributed by atoms with van der Waals surface area (Å²) in [4.78, 5) is 0.124. The minimum atomic E-state index is -3.66. The molecule has 0 saturated carbocycles. The average molecular weight is 377 g/mol. The van der Waals surface area contributed by atoms with E-state index < -0.39 is 10.0 Å². The third kappa shape index (κ3) is 4.75. The van der Waals surface area contributed by atoms with E-state index in [9.17, 15) is 8.42 Å². The van der Waals surface area contributed by atoms with Crippen LogP contribution in [0.2, 0.25) is 0 Å². The highest BCUT2D eigenvalue weighted by molar-refractivity contribution is 7.89. The first-order chi connectivity index (χ1) is 12.6. The number of benzene rings is 2. The van der Waals surface area contributed by atoms with Crippen molar-refractivity contribution in [1.82, 2.24) is 4.72 Å². The molecule has 0 radical (unpaired) electrons. The Kier molecular flexibility index (Phi) is 6.13. The van der Waals surface area contributed by atoms with Gasteiger partial charge in [-0.05, 0) is 42.7 Å². The van der Waals surface area contributed by atoms with Gasteiger partial charge in [0.15, 0.2) is 0 Å². The fraction of sp³-hybridized carbons (Fsp3) is 0.368. The lowest BCUT2D eigenvalue weighted by atomic mass is 10.2. The lowest BCUT2D eigenvalue weighted by molar-refractivity contribution is 0.0679. The largest absolute Gasteiger partial charge is 0.495 e. The summed E-state index contributed by atoms with van der Waals surface area (Å²) < 4.78 is 43.9. The number of methoxy groups -OCH3 is 1. The first-order valence-electron chi connectivity index (χ1n) is 8.54. The first-order valence-corrected chi connectivity index (χ1v) is 10.0. The van der Waals surface area contributed by atoms with Crippen LogP contribution in [0.15, 0.2) is 53.4 Å². The Labute approximate surface area is 154 Å². The van der Waals surface area contributed by atoms with Gasteiger partial charge >= 0.3 is 0 Å². The van der Waals surface area contributed by atoms with Crippen molar-refractivity contribution in [2.24, 2.45) is 0 Å². The van der Waals surface area contributed by atoms with Crippen molar-refractivity contribution >= 4 is 10.0 Å². The second kappa shape index (κ2) is 8.53. The van der Waals surface area contributed by atoms with Crippen LogP contribution in [0, 0.1) is 0 Å². The first kappa shape index (κ1) is 18.7. The zero-order valence-electron chi connectivity index (χ0n) is 14.7. The van der Waals surface area contributed by atoms with Crippen molar-refractivity contribution in [3.63, 3.8) is 0 Å². The zero-order valence-corrected chi connectivity index (χ0v) is 15.5. The molecule has 0 bridgehead atoms. The Hall–Kier alpha value is -2.09. The molecule has 7 heteroatoms. The molecule has 1 unspecified atom stereocenters. The number of hydrogen-bond acceptors (Lipinski definition) is 5.